The van der Waals surface area contributed by atoms with E-state index < -0.39 is 0 Å². The first-order chi connectivity index (χ1) is 8.81. The van der Waals surface area contributed by atoms with Crippen LogP contribution in [0.4, 0.5) is 0 Å². The number of fused-ring (bicyclic) bond motifs is 1. The van der Waals surface area contributed by atoms with E-state index in [1.807, 2.05) is 42.5 Å². The van der Waals surface area contributed by atoms with Crippen LogP contribution in [-0.2, 0) is 0 Å². The van der Waals surface area contributed by atoms with Gasteiger partial charge in [-0.25, -0.2) is 0 Å². The molecule has 0 aliphatic carbocycles. The van der Waals surface area contributed by atoms with Gasteiger partial charge in [0.05, 0.1) is 11.7 Å². The van der Waals surface area contributed by atoms with Crippen molar-refractivity contribution in [3.8, 4) is 11.8 Å². The Morgan fingerprint density at radius 3 is 2.50 bits per heavy atom. The van der Waals surface area contributed by atoms with E-state index in [0.29, 0.717) is 0 Å². The highest BCUT2D eigenvalue weighted by Crippen LogP contribution is 2.13. The van der Waals surface area contributed by atoms with Gasteiger partial charge in [0.25, 0.3) is 0 Å². The van der Waals surface area contributed by atoms with Crippen LogP contribution in [0.1, 0.15) is 11.1 Å². The van der Waals surface area contributed by atoms with E-state index >= 15 is 0 Å². The molecule has 0 saturated heterocycles. The van der Waals surface area contributed by atoms with Crippen LogP contribution in [0.5, 0.6) is 0 Å². The molecule has 0 bridgehead atoms. The van der Waals surface area contributed by atoms with E-state index in [1.54, 1.807) is 0 Å². The Bertz CT molecular complexity index is 768. The lowest BCUT2D eigenvalue weighted by molar-refractivity contribution is 1.59. The summed E-state index contributed by atoms with van der Waals surface area (Å²) in [5.41, 5.74) is 3.77. The third kappa shape index (κ3) is 2.42. The molecule has 0 spiro atoms. The van der Waals surface area contributed by atoms with Crippen molar-refractivity contribution in [3.05, 3.63) is 58.1 Å². The number of aromatic nitrogens is 2. The third-order valence-corrected chi connectivity index (χ3v) is 3.48. The van der Waals surface area contributed by atoms with Crippen LogP contribution in [0, 0.1) is 11.8 Å². The largest absolute Gasteiger partial charge is 0.173 e. The normalized spacial score (nSPS) is 10.1. The predicted octanol–water partition coefficient (Wildman–Crippen LogP) is 3.85. The van der Waals surface area contributed by atoms with Crippen LogP contribution in [0.2, 0.25) is 0 Å². The van der Waals surface area contributed by atoms with Crippen LogP contribution in [0.15, 0.2) is 46.9 Å². The van der Waals surface area contributed by atoms with Gasteiger partial charge < -0.3 is 0 Å². The van der Waals surface area contributed by atoms with Crippen molar-refractivity contribution in [1.29, 1.82) is 0 Å². The zero-order chi connectivity index (χ0) is 12.4. The molecule has 0 atom stereocenters. The first-order valence-electron chi connectivity index (χ1n) is 5.31. The molecule has 0 radical (unpaired) electrons. The molecule has 0 unspecified atom stereocenters. The summed E-state index contributed by atoms with van der Waals surface area (Å²) >= 11 is 4.65. The molecule has 0 N–H and O–H groups in total. The maximum Gasteiger partial charge on any atom is 0.106 e. The average Bonchev–Trinajstić information content (AvgIpc) is 2.84. The maximum absolute atomic E-state index is 4.20. The van der Waals surface area contributed by atoms with Crippen molar-refractivity contribution in [2.24, 2.45) is 0 Å². The Balaban J connectivity index is 1.97. The predicted molar refractivity (Wildman–Crippen MR) is 77.5 cm³/mol. The van der Waals surface area contributed by atoms with Gasteiger partial charge in [0.2, 0.25) is 0 Å². The van der Waals surface area contributed by atoms with Gasteiger partial charge in [0.1, 0.15) is 11.0 Å². The van der Waals surface area contributed by atoms with Crippen LogP contribution >= 0.6 is 27.7 Å². The van der Waals surface area contributed by atoms with Crippen molar-refractivity contribution in [2.45, 2.75) is 0 Å². The van der Waals surface area contributed by atoms with Gasteiger partial charge in [-0.2, -0.15) is 8.75 Å². The number of hydrogen-bond donors (Lipinski definition) is 0. The fourth-order valence-electron chi connectivity index (χ4n) is 1.57. The number of halogens is 1. The van der Waals surface area contributed by atoms with E-state index in [9.17, 15) is 0 Å². The molecule has 18 heavy (non-hydrogen) atoms. The summed E-state index contributed by atoms with van der Waals surface area (Å²) in [6.07, 6.45) is 0. The quantitative estimate of drug-likeness (QED) is 0.589. The molecule has 3 rings (SSSR count). The molecule has 0 amide bonds. The molecule has 2 aromatic carbocycles. The zero-order valence-electron chi connectivity index (χ0n) is 9.22. The second-order valence-electron chi connectivity index (χ2n) is 3.73. The van der Waals surface area contributed by atoms with Crippen LogP contribution in [0.3, 0.4) is 0 Å². The molecule has 86 valence electrons. The summed E-state index contributed by atoms with van der Waals surface area (Å²) < 4.78 is 9.41. The minimum absolute atomic E-state index is 0.904. The highest BCUT2D eigenvalue weighted by Gasteiger charge is 1.97. The lowest BCUT2D eigenvalue weighted by Gasteiger charge is -1.92. The van der Waals surface area contributed by atoms with Gasteiger partial charge in [-0.3, -0.25) is 0 Å². The first-order valence-corrected chi connectivity index (χ1v) is 6.83. The highest BCUT2D eigenvalue weighted by atomic mass is 79.9. The molecule has 0 fully saturated rings. The summed E-state index contributed by atoms with van der Waals surface area (Å²) in [5, 5.41) is 0. The fraction of sp³-hybridized carbons (Fsp3) is 0. The van der Waals surface area contributed by atoms with E-state index in [4.69, 9.17) is 0 Å². The Labute approximate surface area is 117 Å². The molecule has 0 aliphatic heterocycles. The summed E-state index contributed by atoms with van der Waals surface area (Å²) in [7, 11) is 0. The van der Waals surface area contributed by atoms with E-state index in [-0.39, 0.29) is 0 Å². The highest BCUT2D eigenvalue weighted by molar-refractivity contribution is 9.10. The summed E-state index contributed by atoms with van der Waals surface area (Å²) in [4.78, 5) is 0. The topological polar surface area (TPSA) is 25.8 Å². The second-order valence-corrected chi connectivity index (χ2v) is 5.17. The third-order valence-electron chi connectivity index (χ3n) is 2.43. The number of nitrogens with zero attached hydrogens (tertiary/aromatic N) is 2. The SMILES string of the molecule is Brc1cccc(C#Cc2ccc3nsnc3c2)c1. The first kappa shape index (κ1) is 11.4. The Kier molecular flexibility index (Phi) is 3.09. The van der Waals surface area contributed by atoms with Crippen molar-refractivity contribution < 1.29 is 0 Å². The monoisotopic (exact) mass is 314 g/mol. The summed E-state index contributed by atoms with van der Waals surface area (Å²) in [5.74, 6) is 6.27. The molecule has 3 aromatic rings. The zero-order valence-corrected chi connectivity index (χ0v) is 11.6. The fourth-order valence-corrected chi connectivity index (χ4v) is 2.49. The number of hydrogen-bond acceptors (Lipinski definition) is 3. The maximum atomic E-state index is 4.20. The molecule has 2 nitrogen and oxygen atoms in total. The molecule has 1 aromatic heterocycles. The lowest BCUT2D eigenvalue weighted by Crippen LogP contribution is -1.77. The summed E-state index contributed by atoms with van der Waals surface area (Å²) in [6, 6.07) is 13.8. The molecular weight excluding hydrogens is 308 g/mol. The number of benzene rings is 2. The molecule has 0 saturated carbocycles. The van der Waals surface area contributed by atoms with E-state index in [1.165, 1.54) is 11.7 Å². The number of rotatable bonds is 0. The van der Waals surface area contributed by atoms with Gasteiger partial charge in [-0.05, 0) is 36.4 Å². The van der Waals surface area contributed by atoms with Gasteiger partial charge in [0.15, 0.2) is 0 Å². The smallest absolute Gasteiger partial charge is 0.106 e. The minimum Gasteiger partial charge on any atom is -0.173 e. The Morgan fingerprint density at radius 1 is 0.889 bits per heavy atom. The van der Waals surface area contributed by atoms with Crippen molar-refractivity contribution in [3.63, 3.8) is 0 Å². The lowest BCUT2D eigenvalue weighted by atomic mass is 10.1. The van der Waals surface area contributed by atoms with Gasteiger partial charge in [0, 0.05) is 15.6 Å². The van der Waals surface area contributed by atoms with Crippen LogP contribution in [0.25, 0.3) is 11.0 Å². The molecule has 0 aliphatic rings. The van der Waals surface area contributed by atoms with Crippen LogP contribution < -0.4 is 0 Å². The Hall–Kier alpha value is -1.70. The van der Waals surface area contributed by atoms with Crippen molar-refractivity contribution in [1.82, 2.24) is 8.75 Å². The van der Waals surface area contributed by atoms with Gasteiger partial charge in [-0.1, -0.05) is 33.8 Å². The van der Waals surface area contributed by atoms with Gasteiger partial charge >= 0.3 is 0 Å². The standard InChI is InChI=1S/C14H7BrN2S/c15-12-3-1-2-10(8-12)4-5-11-6-7-13-14(9-11)17-18-16-13/h1-3,6-9H. The van der Waals surface area contributed by atoms with E-state index in [2.05, 4.69) is 36.5 Å². The summed E-state index contributed by atoms with van der Waals surface area (Å²) in [6.45, 7) is 0. The second kappa shape index (κ2) is 4.89. The van der Waals surface area contributed by atoms with Gasteiger partial charge in [-0.15, -0.1) is 0 Å². The minimum atomic E-state index is 0.904. The molecule has 4 heteroatoms. The molecule has 1 heterocycles. The van der Waals surface area contributed by atoms with Crippen molar-refractivity contribution in [2.75, 3.05) is 0 Å². The van der Waals surface area contributed by atoms with Crippen LogP contribution in [-0.4, -0.2) is 8.75 Å². The Morgan fingerprint density at radius 2 is 1.67 bits per heavy atom. The average molecular weight is 315 g/mol. The van der Waals surface area contributed by atoms with Crippen molar-refractivity contribution >= 4 is 38.7 Å². The molecular formula is C14H7BrN2S. The van der Waals surface area contributed by atoms with E-state index in [0.717, 1.165) is 26.6 Å².